The molecule has 1 saturated heterocycles. The summed E-state index contributed by atoms with van der Waals surface area (Å²) in [4.78, 5) is 12.7. The van der Waals surface area contributed by atoms with Crippen molar-refractivity contribution >= 4 is 38.9 Å². The Kier molecular flexibility index (Phi) is 6.66. The molecule has 2 aromatic rings. The van der Waals surface area contributed by atoms with Gasteiger partial charge in [0.25, 0.3) is 0 Å². The van der Waals surface area contributed by atoms with Gasteiger partial charge in [-0.1, -0.05) is 29.3 Å². The largest absolute Gasteiger partial charge is 0.324 e. The summed E-state index contributed by atoms with van der Waals surface area (Å²) in [5.41, 5.74) is 7.51. The number of hydrogen-bond acceptors (Lipinski definition) is 5. The molecule has 1 fully saturated rings. The van der Waals surface area contributed by atoms with Crippen LogP contribution >= 0.6 is 11.6 Å². The number of nitrogens with zero attached hydrogens (tertiary/aromatic N) is 1. The van der Waals surface area contributed by atoms with Crippen molar-refractivity contribution in [3.05, 3.63) is 58.9 Å². The van der Waals surface area contributed by atoms with Gasteiger partial charge in [-0.25, -0.2) is 12.8 Å². The van der Waals surface area contributed by atoms with Gasteiger partial charge >= 0.3 is 0 Å². The number of carbonyl (C=O) groups excluding carboxylic acids is 1. The van der Waals surface area contributed by atoms with Gasteiger partial charge < -0.3 is 5.32 Å². The minimum absolute atomic E-state index is 0.137. The van der Waals surface area contributed by atoms with Crippen LogP contribution in [-0.2, 0) is 14.8 Å². The first-order valence-electron chi connectivity index (χ1n) is 9.44. The van der Waals surface area contributed by atoms with Gasteiger partial charge in [-0.15, -0.1) is 0 Å². The summed E-state index contributed by atoms with van der Waals surface area (Å²) >= 11 is 5.76. The number of hydrazine groups is 1. The molecule has 1 aliphatic heterocycles. The zero-order valence-electron chi connectivity index (χ0n) is 16.8. The fourth-order valence-electron chi connectivity index (χ4n) is 3.47. The number of halogens is 2. The molecule has 2 unspecified atom stereocenters. The third-order valence-corrected chi connectivity index (χ3v) is 7.74. The summed E-state index contributed by atoms with van der Waals surface area (Å²) < 4.78 is 41.5. The zero-order chi connectivity index (χ0) is 22.1. The SMILES string of the molecule is Cc1ccc(N(CC(=O)Nc2ccc(F)c(Cl)c2)S(=O)(=O)C2C(C)NNC2C)cc1. The van der Waals surface area contributed by atoms with Crippen molar-refractivity contribution in [2.45, 2.75) is 38.1 Å². The molecule has 0 spiro atoms. The minimum Gasteiger partial charge on any atom is -0.324 e. The average molecular weight is 455 g/mol. The fourth-order valence-corrected chi connectivity index (χ4v) is 5.82. The minimum atomic E-state index is -3.91. The highest BCUT2D eigenvalue weighted by molar-refractivity contribution is 7.93. The van der Waals surface area contributed by atoms with Crippen molar-refractivity contribution in [1.29, 1.82) is 0 Å². The maximum atomic E-state index is 13.5. The van der Waals surface area contributed by atoms with Crippen molar-refractivity contribution in [3.63, 3.8) is 0 Å². The van der Waals surface area contributed by atoms with E-state index in [9.17, 15) is 17.6 Å². The first kappa shape index (κ1) is 22.5. The third-order valence-electron chi connectivity index (χ3n) is 4.99. The Morgan fingerprint density at radius 2 is 1.73 bits per heavy atom. The van der Waals surface area contributed by atoms with Gasteiger partial charge in [0.1, 0.15) is 17.6 Å². The molecule has 0 radical (unpaired) electrons. The number of anilines is 2. The van der Waals surface area contributed by atoms with Crippen LogP contribution in [0.3, 0.4) is 0 Å². The monoisotopic (exact) mass is 454 g/mol. The average Bonchev–Trinajstić information content (AvgIpc) is 3.02. The Morgan fingerprint density at radius 3 is 2.30 bits per heavy atom. The molecule has 162 valence electrons. The highest BCUT2D eigenvalue weighted by atomic mass is 35.5. The summed E-state index contributed by atoms with van der Waals surface area (Å²) in [5.74, 6) is -1.18. The summed E-state index contributed by atoms with van der Waals surface area (Å²) in [6.07, 6.45) is 0. The van der Waals surface area contributed by atoms with E-state index in [1.165, 1.54) is 12.1 Å². The highest BCUT2D eigenvalue weighted by Gasteiger charge is 2.44. The van der Waals surface area contributed by atoms with E-state index in [1.807, 2.05) is 6.92 Å². The quantitative estimate of drug-likeness (QED) is 0.624. The second kappa shape index (κ2) is 8.89. The number of sulfonamides is 1. The predicted molar refractivity (Wildman–Crippen MR) is 116 cm³/mol. The first-order valence-corrected chi connectivity index (χ1v) is 11.3. The Balaban J connectivity index is 1.90. The normalized spacial score (nSPS) is 21.4. The molecule has 0 aliphatic carbocycles. The zero-order valence-corrected chi connectivity index (χ0v) is 18.4. The van der Waals surface area contributed by atoms with Crippen molar-refractivity contribution in [2.24, 2.45) is 0 Å². The first-order chi connectivity index (χ1) is 14.1. The molecule has 2 aromatic carbocycles. The van der Waals surface area contributed by atoms with Crippen LogP contribution in [0.2, 0.25) is 5.02 Å². The number of aryl methyl sites for hydroxylation is 1. The van der Waals surface area contributed by atoms with E-state index in [1.54, 1.807) is 38.1 Å². The molecule has 30 heavy (non-hydrogen) atoms. The molecular weight excluding hydrogens is 431 g/mol. The maximum absolute atomic E-state index is 13.5. The Hall–Kier alpha value is -2.20. The molecule has 3 rings (SSSR count). The smallest absolute Gasteiger partial charge is 0.245 e. The van der Waals surface area contributed by atoms with E-state index in [-0.39, 0.29) is 22.8 Å². The van der Waals surface area contributed by atoms with Gasteiger partial charge in [0, 0.05) is 17.8 Å². The predicted octanol–water partition coefficient (Wildman–Crippen LogP) is 2.82. The van der Waals surface area contributed by atoms with E-state index >= 15 is 0 Å². The molecule has 0 bridgehead atoms. The Morgan fingerprint density at radius 1 is 1.13 bits per heavy atom. The lowest BCUT2D eigenvalue weighted by Gasteiger charge is -2.30. The molecule has 0 aromatic heterocycles. The number of nitrogens with one attached hydrogen (secondary N) is 3. The molecule has 1 amide bonds. The molecular formula is C20H24ClFN4O3S. The molecule has 1 aliphatic rings. The lowest BCUT2D eigenvalue weighted by atomic mass is 10.2. The number of amides is 1. The number of rotatable bonds is 6. The van der Waals surface area contributed by atoms with Crippen LogP contribution in [0.15, 0.2) is 42.5 Å². The lowest BCUT2D eigenvalue weighted by molar-refractivity contribution is -0.114. The molecule has 0 saturated carbocycles. The van der Waals surface area contributed by atoms with Gasteiger partial charge in [-0.3, -0.25) is 20.0 Å². The lowest BCUT2D eigenvalue weighted by Crippen LogP contribution is -2.49. The number of carbonyl (C=O) groups is 1. The van der Waals surface area contributed by atoms with Crippen LogP contribution in [0.25, 0.3) is 0 Å². The standard InChI is InChI=1S/C20H24ClFN4O3S/c1-12-4-7-16(8-5-12)26(30(28,29)20-13(2)24-25-14(20)3)11-19(27)23-15-6-9-18(22)17(21)10-15/h4-10,13-14,20,24-25H,11H2,1-3H3,(H,23,27). The second-order valence-electron chi connectivity index (χ2n) is 7.39. The van der Waals surface area contributed by atoms with E-state index in [2.05, 4.69) is 16.2 Å². The van der Waals surface area contributed by atoms with Crippen molar-refractivity contribution in [1.82, 2.24) is 10.9 Å². The van der Waals surface area contributed by atoms with Crippen LogP contribution < -0.4 is 20.5 Å². The number of benzene rings is 2. The van der Waals surface area contributed by atoms with Gasteiger partial charge in [0.05, 0.1) is 10.7 Å². The second-order valence-corrected chi connectivity index (χ2v) is 9.82. The van der Waals surface area contributed by atoms with Crippen molar-refractivity contribution < 1.29 is 17.6 Å². The molecule has 1 heterocycles. The van der Waals surface area contributed by atoms with E-state index in [0.29, 0.717) is 5.69 Å². The van der Waals surface area contributed by atoms with Crippen LogP contribution in [-0.4, -0.2) is 38.2 Å². The Bertz CT molecular complexity index is 1020. The van der Waals surface area contributed by atoms with Gasteiger partial charge in [-0.05, 0) is 51.1 Å². The molecule has 3 N–H and O–H groups in total. The summed E-state index contributed by atoms with van der Waals surface area (Å²) in [6, 6.07) is 9.97. The highest BCUT2D eigenvalue weighted by Crippen LogP contribution is 2.26. The van der Waals surface area contributed by atoms with E-state index in [0.717, 1.165) is 15.9 Å². The topological polar surface area (TPSA) is 90.5 Å². The molecule has 10 heteroatoms. The van der Waals surface area contributed by atoms with Crippen molar-refractivity contribution in [2.75, 3.05) is 16.2 Å². The Labute approximate surface area is 180 Å². The number of hydrogen-bond donors (Lipinski definition) is 3. The fraction of sp³-hybridized carbons (Fsp3) is 0.350. The van der Waals surface area contributed by atoms with Gasteiger partial charge in [0.2, 0.25) is 15.9 Å². The summed E-state index contributed by atoms with van der Waals surface area (Å²) in [6.45, 7) is 5.00. The molecule has 2 atom stereocenters. The van der Waals surface area contributed by atoms with Crippen LogP contribution in [0, 0.1) is 12.7 Å². The van der Waals surface area contributed by atoms with Crippen molar-refractivity contribution in [3.8, 4) is 0 Å². The van der Waals surface area contributed by atoms with E-state index in [4.69, 9.17) is 11.6 Å². The van der Waals surface area contributed by atoms with E-state index < -0.39 is 33.5 Å². The van der Waals surface area contributed by atoms with Gasteiger partial charge in [-0.2, -0.15) is 0 Å². The summed E-state index contributed by atoms with van der Waals surface area (Å²) in [7, 11) is -3.91. The van der Waals surface area contributed by atoms with Crippen LogP contribution in [0.4, 0.5) is 15.8 Å². The summed E-state index contributed by atoms with van der Waals surface area (Å²) in [5, 5.41) is 1.67. The molecule has 7 nitrogen and oxygen atoms in total. The maximum Gasteiger partial charge on any atom is 0.245 e. The third kappa shape index (κ3) is 4.75. The van der Waals surface area contributed by atoms with Gasteiger partial charge in [0.15, 0.2) is 0 Å². The van der Waals surface area contributed by atoms with Crippen LogP contribution in [0.1, 0.15) is 19.4 Å². The van der Waals surface area contributed by atoms with Crippen LogP contribution in [0.5, 0.6) is 0 Å².